The average molecular weight is 231 g/mol. The van der Waals surface area contributed by atoms with Crippen LogP contribution in [-0.2, 0) is 0 Å². The molecule has 0 amide bonds. The summed E-state index contributed by atoms with van der Waals surface area (Å²) in [4.78, 5) is 8.65. The lowest BCUT2D eigenvalue weighted by Crippen LogP contribution is -2.27. The number of hydrogen-bond acceptors (Lipinski definition) is 4. The van der Waals surface area contributed by atoms with Gasteiger partial charge < -0.3 is 10.4 Å². The highest BCUT2D eigenvalue weighted by Gasteiger charge is 2.16. The van der Waals surface area contributed by atoms with Crippen LogP contribution >= 0.6 is 0 Å². The zero-order chi connectivity index (χ0) is 12.3. The third-order valence-corrected chi connectivity index (χ3v) is 2.64. The van der Waals surface area contributed by atoms with Crippen LogP contribution in [0.15, 0.2) is 30.5 Å². The minimum atomic E-state index is -0.172. The molecule has 1 aromatic carbocycles. The van der Waals surface area contributed by atoms with E-state index < -0.39 is 0 Å². The molecular weight excluding hydrogens is 214 g/mol. The first kappa shape index (κ1) is 11.8. The third kappa shape index (κ3) is 2.91. The van der Waals surface area contributed by atoms with Gasteiger partial charge in [-0.15, -0.1) is 0 Å². The molecule has 0 spiro atoms. The molecule has 90 valence electrons. The summed E-state index contributed by atoms with van der Waals surface area (Å²) in [5.74, 6) is 0.602. The van der Waals surface area contributed by atoms with Crippen molar-refractivity contribution in [2.45, 2.75) is 13.8 Å². The topological polar surface area (TPSA) is 58.0 Å². The monoisotopic (exact) mass is 231 g/mol. The lowest BCUT2D eigenvalue weighted by atomic mass is 9.95. The van der Waals surface area contributed by atoms with Crippen molar-refractivity contribution >= 4 is 16.9 Å². The fourth-order valence-corrected chi connectivity index (χ4v) is 1.43. The fourth-order valence-electron chi connectivity index (χ4n) is 1.43. The van der Waals surface area contributed by atoms with E-state index in [0.717, 1.165) is 10.9 Å². The first-order valence-electron chi connectivity index (χ1n) is 5.67. The van der Waals surface area contributed by atoms with Crippen molar-refractivity contribution in [1.29, 1.82) is 0 Å². The highest BCUT2D eigenvalue weighted by atomic mass is 16.3. The maximum atomic E-state index is 9.16. The quantitative estimate of drug-likeness (QED) is 0.845. The van der Waals surface area contributed by atoms with Crippen molar-refractivity contribution in [1.82, 2.24) is 9.97 Å². The van der Waals surface area contributed by atoms with Gasteiger partial charge in [0, 0.05) is 30.1 Å². The number of hydrogen-bond donors (Lipinski definition) is 2. The standard InChI is InChI=1S/C13H17N3O/c1-13(2,9-17)8-15-12-14-7-10-5-3-4-6-11(10)16-12/h3-7,17H,8-9H2,1-2H3,(H,14,15,16). The number of nitrogens with zero attached hydrogens (tertiary/aromatic N) is 2. The average Bonchev–Trinajstić information content (AvgIpc) is 2.36. The molecule has 0 atom stereocenters. The fraction of sp³-hybridized carbons (Fsp3) is 0.385. The molecule has 0 aliphatic carbocycles. The Bertz CT molecular complexity index is 511. The first-order chi connectivity index (χ1) is 8.11. The van der Waals surface area contributed by atoms with Crippen molar-refractivity contribution in [3.63, 3.8) is 0 Å². The van der Waals surface area contributed by atoms with Gasteiger partial charge in [0.15, 0.2) is 0 Å². The van der Waals surface area contributed by atoms with E-state index in [0.29, 0.717) is 12.5 Å². The van der Waals surface area contributed by atoms with Gasteiger partial charge in [-0.25, -0.2) is 9.97 Å². The summed E-state index contributed by atoms with van der Waals surface area (Å²) in [6.45, 7) is 4.75. The van der Waals surface area contributed by atoms with Crippen LogP contribution in [0, 0.1) is 5.41 Å². The summed E-state index contributed by atoms with van der Waals surface area (Å²) >= 11 is 0. The van der Waals surface area contributed by atoms with Crippen molar-refractivity contribution in [2.75, 3.05) is 18.5 Å². The predicted molar refractivity (Wildman–Crippen MR) is 68.9 cm³/mol. The number of para-hydroxylation sites is 1. The highest BCUT2D eigenvalue weighted by molar-refractivity contribution is 5.78. The molecule has 4 heteroatoms. The number of nitrogens with one attached hydrogen (secondary N) is 1. The van der Waals surface area contributed by atoms with E-state index in [4.69, 9.17) is 5.11 Å². The zero-order valence-corrected chi connectivity index (χ0v) is 10.1. The maximum Gasteiger partial charge on any atom is 0.223 e. The Labute approximate surface area is 101 Å². The smallest absolute Gasteiger partial charge is 0.223 e. The molecule has 1 heterocycles. The normalized spacial score (nSPS) is 11.7. The van der Waals surface area contributed by atoms with Crippen LogP contribution in [0.3, 0.4) is 0 Å². The third-order valence-electron chi connectivity index (χ3n) is 2.64. The van der Waals surface area contributed by atoms with Gasteiger partial charge in [0.2, 0.25) is 5.95 Å². The van der Waals surface area contributed by atoms with E-state index in [9.17, 15) is 0 Å². The summed E-state index contributed by atoms with van der Waals surface area (Å²) in [5.41, 5.74) is 0.751. The molecular formula is C13H17N3O. The molecule has 0 saturated heterocycles. The van der Waals surface area contributed by atoms with Gasteiger partial charge >= 0.3 is 0 Å². The van der Waals surface area contributed by atoms with E-state index in [2.05, 4.69) is 15.3 Å². The molecule has 0 unspecified atom stereocenters. The van der Waals surface area contributed by atoms with Gasteiger partial charge in [-0.2, -0.15) is 0 Å². The van der Waals surface area contributed by atoms with E-state index in [-0.39, 0.29) is 12.0 Å². The number of aliphatic hydroxyl groups is 1. The molecule has 0 fully saturated rings. The van der Waals surface area contributed by atoms with Crippen molar-refractivity contribution in [3.8, 4) is 0 Å². The summed E-state index contributed by atoms with van der Waals surface area (Å²) in [6.07, 6.45) is 1.80. The Morgan fingerprint density at radius 3 is 2.82 bits per heavy atom. The lowest BCUT2D eigenvalue weighted by molar-refractivity contribution is 0.170. The van der Waals surface area contributed by atoms with Crippen LogP contribution < -0.4 is 5.32 Å². The van der Waals surface area contributed by atoms with E-state index in [1.165, 1.54) is 0 Å². The molecule has 2 rings (SSSR count). The van der Waals surface area contributed by atoms with E-state index in [1.807, 2.05) is 38.1 Å². The highest BCUT2D eigenvalue weighted by Crippen LogP contribution is 2.15. The molecule has 1 aromatic heterocycles. The van der Waals surface area contributed by atoms with Crippen LogP contribution in [0.4, 0.5) is 5.95 Å². The predicted octanol–water partition coefficient (Wildman–Crippen LogP) is 2.06. The summed E-state index contributed by atoms with van der Waals surface area (Å²) < 4.78 is 0. The van der Waals surface area contributed by atoms with Crippen LogP contribution in [0.2, 0.25) is 0 Å². The molecule has 0 aliphatic rings. The summed E-state index contributed by atoms with van der Waals surface area (Å²) in [7, 11) is 0. The molecule has 17 heavy (non-hydrogen) atoms. The molecule has 0 saturated carbocycles. The Hall–Kier alpha value is -1.68. The molecule has 0 radical (unpaired) electrons. The minimum absolute atomic E-state index is 0.133. The summed E-state index contributed by atoms with van der Waals surface area (Å²) in [6, 6.07) is 7.86. The lowest BCUT2D eigenvalue weighted by Gasteiger charge is -2.21. The molecule has 0 aliphatic heterocycles. The Morgan fingerprint density at radius 2 is 2.06 bits per heavy atom. The van der Waals surface area contributed by atoms with Gasteiger partial charge in [0.05, 0.1) is 5.52 Å². The number of fused-ring (bicyclic) bond motifs is 1. The number of aromatic nitrogens is 2. The van der Waals surface area contributed by atoms with E-state index in [1.54, 1.807) is 6.20 Å². The summed E-state index contributed by atoms with van der Waals surface area (Å²) in [5, 5.41) is 13.3. The zero-order valence-electron chi connectivity index (χ0n) is 10.1. The van der Waals surface area contributed by atoms with Crippen LogP contribution in [0.1, 0.15) is 13.8 Å². The first-order valence-corrected chi connectivity index (χ1v) is 5.67. The minimum Gasteiger partial charge on any atom is -0.396 e. The second-order valence-corrected chi connectivity index (χ2v) is 4.93. The van der Waals surface area contributed by atoms with Gasteiger partial charge in [-0.1, -0.05) is 32.0 Å². The Balaban J connectivity index is 2.14. The number of aliphatic hydroxyl groups excluding tert-OH is 1. The van der Waals surface area contributed by atoms with Gasteiger partial charge in [-0.3, -0.25) is 0 Å². The molecule has 0 bridgehead atoms. The van der Waals surface area contributed by atoms with Crippen molar-refractivity contribution in [2.24, 2.45) is 5.41 Å². The van der Waals surface area contributed by atoms with Crippen LogP contribution in [0.25, 0.3) is 10.9 Å². The van der Waals surface area contributed by atoms with Gasteiger partial charge in [0.25, 0.3) is 0 Å². The molecule has 2 N–H and O–H groups in total. The Kier molecular flexibility index (Phi) is 3.24. The maximum absolute atomic E-state index is 9.16. The van der Waals surface area contributed by atoms with Crippen molar-refractivity contribution in [3.05, 3.63) is 30.5 Å². The Morgan fingerprint density at radius 1 is 1.29 bits per heavy atom. The SMILES string of the molecule is CC(C)(CO)CNc1ncc2ccccc2n1. The number of anilines is 1. The molecule has 4 nitrogen and oxygen atoms in total. The van der Waals surface area contributed by atoms with Gasteiger partial charge in [-0.05, 0) is 6.07 Å². The number of benzene rings is 1. The second-order valence-electron chi connectivity index (χ2n) is 4.93. The number of rotatable bonds is 4. The second kappa shape index (κ2) is 4.67. The van der Waals surface area contributed by atoms with Crippen molar-refractivity contribution < 1.29 is 5.11 Å². The van der Waals surface area contributed by atoms with Crippen LogP contribution in [-0.4, -0.2) is 28.2 Å². The largest absolute Gasteiger partial charge is 0.396 e. The van der Waals surface area contributed by atoms with Gasteiger partial charge in [0.1, 0.15) is 0 Å². The van der Waals surface area contributed by atoms with E-state index >= 15 is 0 Å². The van der Waals surface area contributed by atoms with Crippen LogP contribution in [0.5, 0.6) is 0 Å². The molecule has 2 aromatic rings.